The predicted octanol–water partition coefficient (Wildman–Crippen LogP) is 1.11. The van der Waals surface area contributed by atoms with E-state index in [0.29, 0.717) is 12.8 Å². The lowest BCUT2D eigenvalue weighted by Crippen LogP contribution is -2.47. The molecule has 1 aliphatic carbocycles. The average molecular weight is 270 g/mol. The Morgan fingerprint density at radius 1 is 1.44 bits per heavy atom. The van der Waals surface area contributed by atoms with Crippen LogP contribution in [0.5, 0.6) is 0 Å². The lowest BCUT2D eigenvalue weighted by molar-refractivity contribution is -0.153. The van der Waals surface area contributed by atoms with Crippen LogP contribution >= 0.6 is 11.6 Å². The van der Waals surface area contributed by atoms with Crippen molar-refractivity contribution in [2.75, 3.05) is 6.54 Å². The second-order valence-electron chi connectivity index (χ2n) is 4.35. The normalized spacial score (nSPS) is 16.7. The minimum atomic E-state index is -0.869. The van der Waals surface area contributed by atoms with Crippen molar-refractivity contribution >= 4 is 23.5 Å². The first-order chi connectivity index (χ1) is 8.53. The van der Waals surface area contributed by atoms with Crippen LogP contribution in [0.4, 0.5) is 0 Å². The van der Waals surface area contributed by atoms with Crippen molar-refractivity contribution in [2.24, 2.45) is 5.41 Å². The number of aromatic nitrogens is 2. The number of carbonyl (C=O) groups excluding carboxylic acids is 1. The van der Waals surface area contributed by atoms with Crippen LogP contribution in [-0.4, -0.2) is 33.5 Å². The fraction of sp³-hybridized carbons (Fsp3) is 0.455. The zero-order valence-corrected chi connectivity index (χ0v) is 10.3. The van der Waals surface area contributed by atoms with E-state index in [4.69, 9.17) is 16.7 Å². The van der Waals surface area contributed by atoms with Gasteiger partial charge in [0.05, 0.1) is 17.8 Å². The molecule has 0 saturated heterocycles. The van der Waals surface area contributed by atoms with Gasteiger partial charge in [-0.05, 0) is 12.8 Å². The van der Waals surface area contributed by atoms with E-state index in [2.05, 4.69) is 15.3 Å². The van der Waals surface area contributed by atoms with Crippen molar-refractivity contribution in [3.8, 4) is 0 Å². The number of aliphatic carboxylic acids is 1. The monoisotopic (exact) mass is 269 g/mol. The molecule has 1 saturated carbocycles. The summed E-state index contributed by atoms with van der Waals surface area (Å²) < 4.78 is 0. The van der Waals surface area contributed by atoms with Gasteiger partial charge in [0.25, 0.3) is 5.91 Å². The molecule has 0 bridgehead atoms. The molecule has 7 heteroatoms. The van der Waals surface area contributed by atoms with Gasteiger partial charge in [0, 0.05) is 6.54 Å². The first kappa shape index (κ1) is 12.8. The van der Waals surface area contributed by atoms with E-state index in [1.165, 1.54) is 12.4 Å². The number of hydrogen-bond donors (Lipinski definition) is 2. The number of hydrogen-bond acceptors (Lipinski definition) is 4. The van der Waals surface area contributed by atoms with E-state index in [1.54, 1.807) is 0 Å². The second kappa shape index (κ2) is 4.89. The standard InChI is InChI=1S/C11H12ClN3O3/c12-8-5-13-4-7(15-8)9(16)14-6-11(10(17)18)2-1-3-11/h4-5H,1-3,6H2,(H,14,16)(H,17,18). The van der Waals surface area contributed by atoms with Crippen LogP contribution in [0.15, 0.2) is 12.4 Å². The van der Waals surface area contributed by atoms with Crippen molar-refractivity contribution in [3.05, 3.63) is 23.2 Å². The SMILES string of the molecule is O=C(NCC1(C(=O)O)CCC1)c1cncc(Cl)n1. The quantitative estimate of drug-likeness (QED) is 0.854. The van der Waals surface area contributed by atoms with Gasteiger partial charge in [0.15, 0.2) is 0 Å². The third-order valence-electron chi connectivity index (χ3n) is 3.19. The maximum atomic E-state index is 11.7. The van der Waals surface area contributed by atoms with E-state index >= 15 is 0 Å². The number of carboxylic acid groups (broad SMARTS) is 1. The van der Waals surface area contributed by atoms with E-state index in [-0.39, 0.29) is 17.4 Å². The molecule has 0 unspecified atom stereocenters. The van der Waals surface area contributed by atoms with Crippen molar-refractivity contribution in [2.45, 2.75) is 19.3 Å². The number of nitrogens with one attached hydrogen (secondary N) is 1. The molecule has 0 aromatic carbocycles. The Morgan fingerprint density at radius 3 is 2.67 bits per heavy atom. The fourth-order valence-corrected chi connectivity index (χ4v) is 2.01. The highest BCUT2D eigenvalue weighted by atomic mass is 35.5. The topological polar surface area (TPSA) is 92.2 Å². The molecule has 6 nitrogen and oxygen atoms in total. The van der Waals surface area contributed by atoms with Gasteiger partial charge in [0.2, 0.25) is 0 Å². The van der Waals surface area contributed by atoms with Gasteiger partial charge < -0.3 is 10.4 Å². The molecular weight excluding hydrogens is 258 g/mol. The summed E-state index contributed by atoms with van der Waals surface area (Å²) in [4.78, 5) is 30.4. The van der Waals surface area contributed by atoms with Gasteiger partial charge in [-0.3, -0.25) is 14.6 Å². The number of nitrogens with zero attached hydrogens (tertiary/aromatic N) is 2. The summed E-state index contributed by atoms with van der Waals surface area (Å²) in [6, 6.07) is 0. The first-order valence-electron chi connectivity index (χ1n) is 5.53. The van der Waals surface area contributed by atoms with Crippen LogP contribution in [0, 0.1) is 5.41 Å². The van der Waals surface area contributed by atoms with E-state index in [0.717, 1.165) is 6.42 Å². The molecule has 0 spiro atoms. The van der Waals surface area contributed by atoms with E-state index < -0.39 is 17.3 Å². The Morgan fingerprint density at radius 2 is 2.17 bits per heavy atom. The largest absolute Gasteiger partial charge is 0.481 e. The first-order valence-corrected chi connectivity index (χ1v) is 5.90. The van der Waals surface area contributed by atoms with Gasteiger partial charge in [-0.15, -0.1) is 0 Å². The smallest absolute Gasteiger partial charge is 0.311 e. The van der Waals surface area contributed by atoms with Gasteiger partial charge in [-0.1, -0.05) is 18.0 Å². The maximum absolute atomic E-state index is 11.7. The molecule has 1 heterocycles. The highest BCUT2D eigenvalue weighted by Gasteiger charge is 2.44. The number of carbonyl (C=O) groups is 2. The predicted molar refractivity (Wildman–Crippen MR) is 63.3 cm³/mol. The van der Waals surface area contributed by atoms with Crippen LogP contribution in [0.3, 0.4) is 0 Å². The van der Waals surface area contributed by atoms with E-state index in [9.17, 15) is 9.59 Å². The lowest BCUT2D eigenvalue weighted by Gasteiger charge is -2.37. The molecule has 96 valence electrons. The minimum absolute atomic E-state index is 0.0855. The van der Waals surface area contributed by atoms with Crippen molar-refractivity contribution in [1.82, 2.24) is 15.3 Å². The van der Waals surface area contributed by atoms with Crippen molar-refractivity contribution < 1.29 is 14.7 Å². The van der Waals surface area contributed by atoms with Crippen LogP contribution in [0.1, 0.15) is 29.8 Å². The number of carboxylic acids is 1. The van der Waals surface area contributed by atoms with Gasteiger partial charge in [-0.25, -0.2) is 4.98 Å². The molecule has 0 aliphatic heterocycles. The third kappa shape index (κ3) is 2.43. The molecule has 2 N–H and O–H groups in total. The number of amides is 1. The summed E-state index contributed by atoms with van der Waals surface area (Å²) in [6.45, 7) is 0.107. The highest BCUT2D eigenvalue weighted by Crippen LogP contribution is 2.40. The molecule has 2 rings (SSSR count). The summed E-state index contributed by atoms with van der Waals surface area (Å²) in [5.41, 5.74) is -0.732. The molecule has 0 radical (unpaired) electrons. The number of rotatable bonds is 4. The summed E-state index contributed by atoms with van der Waals surface area (Å²) >= 11 is 5.62. The minimum Gasteiger partial charge on any atom is -0.481 e. The van der Waals surface area contributed by atoms with Crippen LogP contribution in [-0.2, 0) is 4.79 Å². The summed E-state index contributed by atoms with van der Waals surface area (Å²) in [7, 11) is 0. The third-order valence-corrected chi connectivity index (χ3v) is 3.37. The van der Waals surface area contributed by atoms with Crippen LogP contribution < -0.4 is 5.32 Å². The van der Waals surface area contributed by atoms with Crippen LogP contribution in [0.25, 0.3) is 0 Å². The Bertz CT molecular complexity index is 488. The Kier molecular flexibility index (Phi) is 3.47. The molecule has 1 aliphatic rings. The average Bonchev–Trinajstić information content (AvgIpc) is 2.26. The summed E-state index contributed by atoms with van der Waals surface area (Å²) in [5.74, 6) is -1.33. The molecule has 1 amide bonds. The Labute approximate surface area is 108 Å². The highest BCUT2D eigenvalue weighted by molar-refractivity contribution is 6.29. The maximum Gasteiger partial charge on any atom is 0.311 e. The summed E-state index contributed by atoms with van der Waals surface area (Å²) in [6.07, 6.45) is 4.66. The summed E-state index contributed by atoms with van der Waals surface area (Å²) in [5, 5.41) is 11.8. The zero-order valence-electron chi connectivity index (χ0n) is 9.52. The Balaban J connectivity index is 1.98. The molecule has 0 atom stereocenters. The van der Waals surface area contributed by atoms with Crippen molar-refractivity contribution in [1.29, 1.82) is 0 Å². The van der Waals surface area contributed by atoms with Gasteiger partial charge >= 0.3 is 5.97 Å². The van der Waals surface area contributed by atoms with Gasteiger partial charge in [-0.2, -0.15) is 0 Å². The molecule has 1 fully saturated rings. The Hall–Kier alpha value is -1.69. The van der Waals surface area contributed by atoms with Crippen molar-refractivity contribution in [3.63, 3.8) is 0 Å². The second-order valence-corrected chi connectivity index (χ2v) is 4.74. The molecule has 1 aromatic rings. The van der Waals surface area contributed by atoms with E-state index in [1.807, 2.05) is 0 Å². The zero-order chi connectivity index (χ0) is 13.2. The van der Waals surface area contributed by atoms with Crippen LogP contribution in [0.2, 0.25) is 5.15 Å². The lowest BCUT2D eigenvalue weighted by atomic mass is 9.69. The van der Waals surface area contributed by atoms with Gasteiger partial charge in [0.1, 0.15) is 10.8 Å². The molecule has 1 aromatic heterocycles. The molecular formula is C11H12ClN3O3. The fourth-order valence-electron chi connectivity index (χ4n) is 1.86. The number of halogens is 1. The molecule has 18 heavy (non-hydrogen) atoms.